The summed E-state index contributed by atoms with van der Waals surface area (Å²) < 4.78 is 6.26. The monoisotopic (exact) mass is 325 g/mol. The molecule has 1 aromatic rings. The van der Waals surface area contributed by atoms with Gasteiger partial charge in [-0.25, -0.2) is 4.79 Å². The lowest BCUT2D eigenvalue weighted by atomic mass is 10.0. The fraction of sp³-hybridized carbons (Fsp3) is 0.385. The summed E-state index contributed by atoms with van der Waals surface area (Å²) in [5.41, 5.74) is 6.76. The number of nitrogens with zero attached hydrogens (tertiary/aromatic N) is 2. The van der Waals surface area contributed by atoms with Gasteiger partial charge in [-0.15, -0.1) is 0 Å². The normalized spacial score (nSPS) is 18.7. The highest BCUT2D eigenvalue weighted by Crippen LogP contribution is 2.35. The van der Waals surface area contributed by atoms with Gasteiger partial charge in [0.2, 0.25) is 0 Å². The Morgan fingerprint density at radius 2 is 2.26 bits per heavy atom. The summed E-state index contributed by atoms with van der Waals surface area (Å²) in [6, 6.07) is 5.01. The minimum Gasteiger partial charge on any atom is -0.496 e. The van der Waals surface area contributed by atoms with E-state index in [2.05, 4.69) is 20.9 Å². The third kappa shape index (κ3) is 2.58. The van der Waals surface area contributed by atoms with Crippen molar-refractivity contribution in [1.29, 1.82) is 0 Å². The zero-order valence-electron chi connectivity index (χ0n) is 10.9. The van der Waals surface area contributed by atoms with Crippen LogP contribution in [0.1, 0.15) is 24.9 Å². The zero-order chi connectivity index (χ0) is 14.0. The first-order chi connectivity index (χ1) is 9.08. The van der Waals surface area contributed by atoms with E-state index in [1.54, 1.807) is 12.0 Å². The molecule has 1 aromatic carbocycles. The molecule has 6 heteroatoms. The zero-order valence-corrected chi connectivity index (χ0v) is 12.5. The van der Waals surface area contributed by atoms with Crippen molar-refractivity contribution in [3.63, 3.8) is 0 Å². The van der Waals surface area contributed by atoms with Gasteiger partial charge in [-0.2, -0.15) is 4.99 Å². The SMILES string of the molecule is CCCN1C(=O)N=C(N)C1c1cc(Br)ccc1OC. The van der Waals surface area contributed by atoms with Gasteiger partial charge in [0, 0.05) is 16.6 Å². The summed E-state index contributed by atoms with van der Waals surface area (Å²) in [6.07, 6.45) is 0.849. The summed E-state index contributed by atoms with van der Waals surface area (Å²) in [6.45, 7) is 2.63. The minimum absolute atomic E-state index is 0.286. The molecule has 2 N–H and O–H groups in total. The maximum absolute atomic E-state index is 11.8. The highest BCUT2D eigenvalue weighted by molar-refractivity contribution is 9.10. The van der Waals surface area contributed by atoms with Crippen LogP contribution in [-0.4, -0.2) is 30.4 Å². The lowest BCUT2D eigenvalue weighted by Crippen LogP contribution is -2.34. The molecule has 0 bridgehead atoms. The number of aliphatic imine (C=N–C) groups is 1. The van der Waals surface area contributed by atoms with Crippen LogP contribution < -0.4 is 10.5 Å². The van der Waals surface area contributed by atoms with Crippen molar-refractivity contribution >= 4 is 27.8 Å². The molecule has 2 rings (SSSR count). The molecule has 1 unspecified atom stereocenters. The van der Waals surface area contributed by atoms with Crippen LogP contribution in [0, 0.1) is 0 Å². The lowest BCUT2D eigenvalue weighted by molar-refractivity contribution is 0.206. The number of halogens is 1. The minimum atomic E-state index is -0.347. The van der Waals surface area contributed by atoms with E-state index in [0.29, 0.717) is 18.1 Å². The predicted molar refractivity (Wildman–Crippen MR) is 77.5 cm³/mol. The second-order valence-corrected chi connectivity index (χ2v) is 5.22. The highest BCUT2D eigenvalue weighted by Gasteiger charge is 2.35. The number of hydrogen-bond donors (Lipinski definition) is 1. The third-order valence-electron chi connectivity index (χ3n) is 3.01. The van der Waals surface area contributed by atoms with Crippen molar-refractivity contribution in [3.05, 3.63) is 28.2 Å². The summed E-state index contributed by atoms with van der Waals surface area (Å²) in [5.74, 6) is 1.01. The molecule has 1 heterocycles. The molecule has 0 fully saturated rings. The van der Waals surface area contributed by atoms with Crippen LogP contribution in [0.2, 0.25) is 0 Å². The number of rotatable bonds is 4. The van der Waals surface area contributed by atoms with Crippen molar-refractivity contribution in [2.75, 3.05) is 13.7 Å². The number of amidine groups is 1. The molecule has 0 spiro atoms. The van der Waals surface area contributed by atoms with Crippen molar-refractivity contribution in [2.24, 2.45) is 10.7 Å². The number of carbonyl (C=O) groups excluding carboxylic acids is 1. The van der Waals surface area contributed by atoms with Gasteiger partial charge in [0.25, 0.3) is 0 Å². The highest BCUT2D eigenvalue weighted by atomic mass is 79.9. The summed E-state index contributed by atoms with van der Waals surface area (Å²) in [4.78, 5) is 17.4. The Morgan fingerprint density at radius 3 is 2.89 bits per heavy atom. The molecule has 1 aliphatic heterocycles. The molecule has 5 nitrogen and oxygen atoms in total. The standard InChI is InChI=1S/C13H16BrN3O2/c1-3-6-17-11(12(15)16-13(17)18)9-7-8(14)4-5-10(9)19-2/h4-5,7,11H,3,6H2,1-2H3,(H2,15,16,18). The van der Waals surface area contributed by atoms with E-state index < -0.39 is 0 Å². The van der Waals surface area contributed by atoms with E-state index in [-0.39, 0.29) is 12.1 Å². The largest absolute Gasteiger partial charge is 0.496 e. The van der Waals surface area contributed by atoms with E-state index in [1.807, 2.05) is 25.1 Å². The summed E-state index contributed by atoms with van der Waals surface area (Å²) >= 11 is 3.43. The number of nitrogens with two attached hydrogens (primary N) is 1. The lowest BCUT2D eigenvalue weighted by Gasteiger charge is -2.25. The smallest absolute Gasteiger partial charge is 0.346 e. The Labute approximate surface area is 120 Å². The van der Waals surface area contributed by atoms with Crippen LogP contribution in [0.15, 0.2) is 27.7 Å². The van der Waals surface area contributed by atoms with Crippen molar-refractivity contribution in [1.82, 2.24) is 4.90 Å². The molecule has 0 aliphatic carbocycles. The van der Waals surface area contributed by atoms with E-state index >= 15 is 0 Å². The van der Waals surface area contributed by atoms with Gasteiger partial charge in [-0.3, -0.25) is 0 Å². The Balaban J connectivity index is 2.46. The summed E-state index contributed by atoms with van der Waals surface area (Å²) in [7, 11) is 1.60. The van der Waals surface area contributed by atoms with Crippen LogP contribution in [0.25, 0.3) is 0 Å². The quantitative estimate of drug-likeness (QED) is 0.925. The van der Waals surface area contributed by atoms with Gasteiger partial charge < -0.3 is 15.4 Å². The first-order valence-electron chi connectivity index (χ1n) is 6.06. The Kier molecular flexibility index (Phi) is 4.09. The van der Waals surface area contributed by atoms with Gasteiger partial charge in [-0.05, 0) is 24.6 Å². The number of amides is 2. The number of urea groups is 1. The topological polar surface area (TPSA) is 67.9 Å². The van der Waals surface area contributed by atoms with Crippen LogP contribution >= 0.6 is 15.9 Å². The molecule has 0 aromatic heterocycles. The van der Waals surface area contributed by atoms with Gasteiger partial charge in [-0.1, -0.05) is 22.9 Å². The van der Waals surface area contributed by atoms with E-state index in [9.17, 15) is 4.79 Å². The number of ether oxygens (including phenoxy) is 1. The maximum atomic E-state index is 11.8. The average molecular weight is 326 g/mol. The fourth-order valence-corrected chi connectivity index (χ4v) is 2.60. The molecule has 1 atom stereocenters. The van der Waals surface area contributed by atoms with Gasteiger partial charge in [0.05, 0.1) is 7.11 Å². The predicted octanol–water partition coefficient (Wildman–Crippen LogP) is 2.70. The van der Waals surface area contributed by atoms with Crippen molar-refractivity contribution in [3.8, 4) is 5.75 Å². The number of benzene rings is 1. The first kappa shape index (κ1) is 13.9. The van der Waals surface area contributed by atoms with E-state index in [1.165, 1.54) is 0 Å². The summed E-state index contributed by atoms with van der Waals surface area (Å²) in [5, 5.41) is 0. The molecule has 0 saturated carbocycles. The molecule has 0 saturated heterocycles. The Hall–Kier alpha value is -1.56. The number of methoxy groups -OCH3 is 1. The van der Waals surface area contributed by atoms with Crippen LogP contribution in [0.4, 0.5) is 4.79 Å². The number of hydrogen-bond acceptors (Lipinski definition) is 3. The number of carbonyl (C=O) groups is 1. The van der Waals surface area contributed by atoms with Crippen LogP contribution in [0.3, 0.4) is 0 Å². The average Bonchev–Trinajstić information content (AvgIpc) is 2.65. The van der Waals surface area contributed by atoms with Crippen molar-refractivity contribution in [2.45, 2.75) is 19.4 Å². The van der Waals surface area contributed by atoms with Gasteiger partial charge in [0.1, 0.15) is 17.6 Å². The Bertz CT molecular complexity index is 531. The van der Waals surface area contributed by atoms with Crippen LogP contribution in [-0.2, 0) is 0 Å². The van der Waals surface area contributed by atoms with Crippen molar-refractivity contribution < 1.29 is 9.53 Å². The second kappa shape index (κ2) is 5.61. The molecule has 19 heavy (non-hydrogen) atoms. The van der Waals surface area contributed by atoms with E-state index in [0.717, 1.165) is 16.5 Å². The van der Waals surface area contributed by atoms with Crippen LogP contribution in [0.5, 0.6) is 5.75 Å². The second-order valence-electron chi connectivity index (χ2n) is 4.30. The molecule has 1 aliphatic rings. The molecular formula is C13H16BrN3O2. The molecule has 2 amide bonds. The van der Waals surface area contributed by atoms with Gasteiger partial charge >= 0.3 is 6.03 Å². The molecule has 102 valence electrons. The third-order valence-corrected chi connectivity index (χ3v) is 3.51. The van der Waals surface area contributed by atoms with Gasteiger partial charge in [0.15, 0.2) is 0 Å². The Morgan fingerprint density at radius 1 is 1.53 bits per heavy atom. The molecule has 0 radical (unpaired) electrons. The molecular weight excluding hydrogens is 310 g/mol. The first-order valence-corrected chi connectivity index (χ1v) is 6.85. The fourth-order valence-electron chi connectivity index (χ4n) is 2.22. The van der Waals surface area contributed by atoms with E-state index in [4.69, 9.17) is 10.5 Å². The maximum Gasteiger partial charge on any atom is 0.346 e.